The number of halogens is 1. The van der Waals surface area contributed by atoms with Gasteiger partial charge in [0.15, 0.2) is 5.17 Å². The molecular weight excluding hydrogens is 330 g/mol. The van der Waals surface area contributed by atoms with Crippen LogP contribution in [0.1, 0.15) is 12.5 Å². The summed E-state index contributed by atoms with van der Waals surface area (Å²) in [6.07, 6.45) is 1.78. The van der Waals surface area contributed by atoms with E-state index in [1.54, 1.807) is 13.1 Å². The molecule has 1 aliphatic heterocycles. The van der Waals surface area contributed by atoms with Gasteiger partial charge in [0.05, 0.1) is 12.2 Å². The normalized spacial score (nSPS) is 15.2. The van der Waals surface area contributed by atoms with Crippen LogP contribution in [0.15, 0.2) is 58.2 Å². The minimum absolute atomic E-state index is 0.497. The van der Waals surface area contributed by atoms with Crippen molar-refractivity contribution in [1.29, 1.82) is 0 Å². The van der Waals surface area contributed by atoms with Gasteiger partial charge in [-0.1, -0.05) is 17.7 Å². The van der Waals surface area contributed by atoms with Crippen molar-refractivity contribution in [3.63, 3.8) is 0 Å². The van der Waals surface area contributed by atoms with Crippen molar-refractivity contribution >= 4 is 40.2 Å². The van der Waals surface area contributed by atoms with Crippen LogP contribution in [0.5, 0.6) is 0 Å². The highest BCUT2D eigenvalue weighted by Crippen LogP contribution is 2.32. The van der Waals surface area contributed by atoms with Crippen LogP contribution in [-0.4, -0.2) is 27.5 Å². The number of benzene rings is 1. The molecule has 23 heavy (non-hydrogen) atoms. The van der Waals surface area contributed by atoms with Crippen molar-refractivity contribution in [3.05, 3.63) is 58.8 Å². The van der Waals surface area contributed by atoms with Gasteiger partial charge in [0.25, 0.3) is 0 Å². The Balaban J connectivity index is 1.96. The first-order valence-corrected chi connectivity index (χ1v) is 8.26. The average molecular weight is 344 g/mol. The van der Waals surface area contributed by atoms with Gasteiger partial charge < -0.3 is 4.90 Å². The Morgan fingerprint density at radius 2 is 2.17 bits per heavy atom. The Kier molecular flexibility index (Phi) is 4.82. The molecular formula is C17H14ClN3OS. The van der Waals surface area contributed by atoms with Crippen molar-refractivity contribution in [1.82, 2.24) is 9.88 Å². The Bertz CT molecular complexity index is 798. The lowest BCUT2D eigenvalue weighted by Crippen LogP contribution is -2.33. The summed E-state index contributed by atoms with van der Waals surface area (Å²) in [6, 6.07) is 11.3. The molecule has 0 N–H and O–H groups in total. The highest BCUT2D eigenvalue weighted by molar-refractivity contribution is 8.13. The first-order valence-electron chi connectivity index (χ1n) is 7.07. The lowest BCUT2D eigenvalue weighted by molar-refractivity contribution is 0.444. The maximum atomic E-state index is 10.9. The quantitative estimate of drug-likeness (QED) is 0.787. The minimum Gasteiger partial charge on any atom is -0.342 e. The first-order chi connectivity index (χ1) is 11.2. The summed E-state index contributed by atoms with van der Waals surface area (Å²) in [5, 5.41) is 2.44. The second kappa shape index (κ2) is 7.01. The van der Waals surface area contributed by atoms with Crippen LogP contribution < -0.4 is 0 Å². The molecule has 1 aliphatic rings. The molecule has 0 unspecified atom stereocenters. The molecule has 4 nitrogen and oxygen atoms in total. The smallest absolute Gasteiger partial charge is 0.171 e. The number of aliphatic imine (C=N–C) groups is 1. The summed E-state index contributed by atoms with van der Waals surface area (Å²) in [5.74, 6) is 1.96. The number of hydrogen-bond acceptors (Lipinski definition) is 4. The van der Waals surface area contributed by atoms with Crippen molar-refractivity contribution in [3.8, 4) is 0 Å². The topological polar surface area (TPSA) is 45.6 Å². The molecule has 0 saturated heterocycles. The van der Waals surface area contributed by atoms with Crippen molar-refractivity contribution in [2.45, 2.75) is 18.5 Å². The van der Waals surface area contributed by atoms with Crippen molar-refractivity contribution in [2.75, 3.05) is 6.54 Å². The van der Waals surface area contributed by atoms with Gasteiger partial charge in [-0.15, -0.1) is 0 Å². The molecule has 0 fully saturated rings. The highest BCUT2D eigenvalue weighted by Gasteiger charge is 2.23. The summed E-state index contributed by atoms with van der Waals surface area (Å²) < 4.78 is 0. The number of rotatable bonds is 3. The van der Waals surface area contributed by atoms with Crippen LogP contribution in [0.3, 0.4) is 0 Å². The van der Waals surface area contributed by atoms with E-state index in [1.807, 2.05) is 42.3 Å². The second-order valence-corrected chi connectivity index (χ2v) is 6.57. The van der Waals surface area contributed by atoms with E-state index in [4.69, 9.17) is 16.6 Å². The molecule has 1 aromatic heterocycles. The van der Waals surface area contributed by atoms with Crippen LogP contribution in [0.2, 0.25) is 5.02 Å². The lowest BCUT2D eigenvalue weighted by Gasteiger charge is -2.30. The third-order valence-corrected chi connectivity index (χ3v) is 4.67. The van der Waals surface area contributed by atoms with Gasteiger partial charge in [0, 0.05) is 28.9 Å². The number of hydrogen-bond donors (Lipinski definition) is 0. The van der Waals surface area contributed by atoms with Gasteiger partial charge in [0.1, 0.15) is 11.0 Å². The molecule has 3 rings (SSSR count). The Morgan fingerprint density at radius 1 is 1.39 bits per heavy atom. The van der Waals surface area contributed by atoms with Crippen molar-refractivity contribution < 1.29 is 4.79 Å². The van der Waals surface area contributed by atoms with E-state index >= 15 is 0 Å². The molecule has 0 saturated carbocycles. The van der Waals surface area contributed by atoms with Gasteiger partial charge in [0.2, 0.25) is 0 Å². The van der Waals surface area contributed by atoms with Crippen LogP contribution in [-0.2, 0) is 11.3 Å². The van der Waals surface area contributed by atoms with E-state index in [1.165, 1.54) is 11.8 Å². The number of pyridine rings is 1. The maximum absolute atomic E-state index is 10.9. The zero-order valence-electron chi connectivity index (χ0n) is 12.5. The van der Waals surface area contributed by atoms with E-state index in [9.17, 15) is 4.79 Å². The first kappa shape index (κ1) is 15.8. The number of nitrogens with zero attached hydrogens (tertiary/aromatic N) is 3. The largest absolute Gasteiger partial charge is 0.342 e. The van der Waals surface area contributed by atoms with Crippen molar-refractivity contribution in [2.24, 2.45) is 4.99 Å². The van der Waals surface area contributed by atoms with E-state index in [-0.39, 0.29) is 0 Å². The fraction of sp³-hybridized carbons (Fsp3) is 0.176. The number of aromatic nitrogens is 1. The molecule has 2 heterocycles. The van der Waals surface area contributed by atoms with Gasteiger partial charge in [-0.25, -0.2) is 14.8 Å². The second-order valence-electron chi connectivity index (χ2n) is 5.18. The predicted octanol–water partition coefficient (Wildman–Crippen LogP) is 4.11. The van der Waals surface area contributed by atoms with Gasteiger partial charge in [-0.2, -0.15) is 0 Å². The summed E-state index contributed by atoms with van der Waals surface area (Å²) in [5.41, 5.74) is 2.59. The third-order valence-electron chi connectivity index (χ3n) is 3.32. The van der Waals surface area contributed by atoms with E-state index in [0.717, 1.165) is 21.4 Å². The van der Waals surface area contributed by atoms with E-state index < -0.39 is 0 Å². The standard InChI is InChI=1S/C17H14ClN3OS/c1-12(11-22)9-21-10-13-3-2-8-19-16(13)23-17(21)20-15-6-4-14(18)5-7-15/h2-8H,9-10H2,1H3. The fourth-order valence-corrected chi connectivity index (χ4v) is 3.31. The van der Waals surface area contributed by atoms with Gasteiger partial charge in [-0.3, -0.25) is 0 Å². The van der Waals surface area contributed by atoms with Gasteiger partial charge >= 0.3 is 0 Å². The fourth-order valence-electron chi connectivity index (χ4n) is 2.22. The molecule has 6 heteroatoms. The molecule has 116 valence electrons. The maximum Gasteiger partial charge on any atom is 0.171 e. The molecule has 1 aromatic carbocycles. The van der Waals surface area contributed by atoms with Crippen LogP contribution >= 0.6 is 23.4 Å². The summed E-state index contributed by atoms with van der Waals surface area (Å²) in [6.45, 7) is 2.94. The lowest BCUT2D eigenvalue weighted by atomic mass is 10.2. The predicted molar refractivity (Wildman–Crippen MR) is 93.9 cm³/mol. The number of amidine groups is 1. The Labute approximate surface area is 143 Å². The zero-order valence-corrected chi connectivity index (χ0v) is 14.1. The Hall–Kier alpha value is -2.07. The zero-order chi connectivity index (χ0) is 16.2. The van der Waals surface area contributed by atoms with Crippen LogP contribution in [0, 0.1) is 0 Å². The van der Waals surface area contributed by atoms with E-state index in [2.05, 4.69) is 9.88 Å². The number of thioether (sulfide) groups is 1. The summed E-state index contributed by atoms with van der Waals surface area (Å²) in [4.78, 5) is 22.0. The molecule has 2 aromatic rings. The van der Waals surface area contributed by atoms with Crippen LogP contribution in [0.25, 0.3) is 0 Å². The summed E-state index contributed by atoms with van der Waals surface area (Å²) in [7, 11) is 0. The summed E-state index contributed by atoms with van der Waals surface area (Å²) >= 11 is 7.42. The van der Waals surface area contributed by atoms with E-state index in [0.29, 0.717) is 23.7 Å². The molecule has 0 radical (unpaired) electrons. The Morgan fingerprint density at radius 3 is 2.91 bits per heavy atom. The molecule has 0 amide bonds. The van der Waals surface area contributed by atoms with Crippen LogP contribution in [0.4, 0.5) is 5.69 Å². The van der Waals surface area contributed by atoms with Gasteiger partial charge in [-0.05, 0) is 49.0 Å². The average Bonchev–Trinajstić information content (AvgIpc) is 2.57. The molecule has 0 spiro atoms. The SMILES string of the molecule is CC(=C=O)CN1Cc2cccnc2SC1=Nc1ccc(Cl)cc1. The number of fused-ring (bicyclic) bond motifs is 1. The molecule has 0 bridgehead atoms. The third kappa shape index (κ3) is 3.82. The monoisotopic (exact) mass is 343 g/mol. The number of carbonyl (C=O) groups excluding carboxylic acids is 1. The minimum atomic E-state index is 0.497. The molecule has 0 atom stereocenters. The highest BCUT2D eigenvalue weighted by atomic mass is 35.5. The molecule has 0 aliphatic carbocycles.